The van der Waals surface area contributed by atoms with Crippen LogP contribution in [0, 0.1) is 25.2 Å². The van der Waals surface area contributed by atoms with Gasteiger partial charge in [-0.25, -0.2) is 14.6 Å². The summed E-state index contributed by atoms with van der Waals surface area (Å²) in [7, 11) is 1.81. The Balaban J connectivity index is 1.14. The number of nitrogens with zero attached hydrogens (tertiary/aromatic N) is 8. The van der Waals surface area contributed by atoms with Gasteiger partial charge in [-0.05, 0) is 67.8 Å². The minimum absolute atomic E-state index is 0.282. The number of benzene rings is 1. The molecular weight excluding hydrogens is 452 g/mol. The highest BCUT2D eigenvalue weighted by Gasteiger charge is 2.18. The van der Waals surface area contributed by atoms with E-state index in [9.17, 15) is 5.26 Å². The van der Waals surface area contributed by atoms with Gasteiger partial charge in [-0.15, -0.1) is 5.10 Å². The van der Waals surface area contributed by atoms with E-state index in [4.69, 9.17) is 4.74 Å². The van der Waals surface area contributed by atoms with E-state index in [2.05, 4.69) is 49.1 Å². The number of aryl methyl sites for hydroxylation is 3. The lowest BCUT2D eigenvalue weighted by Gasteiger charge is -2.35. The van der Waals surface area contributed by atoms with Gasteiger partial charge in [-0.3, -0.25) is 4.90 Å². The number of fused-ring (bicyclic) bond motifs is 1. The van der Waals surface area contributed by atoms with Crippen LogP contribution >= 0.6 is 0 Å². The number of anilines is 1. The lowest BCUT2D eigenvalue weighted by atomic mass is 10.1. The highest BCUT2D eigenvalue weighted by molar-refractivity contribution is 5.83. The molecule has 0 spiro atoms. The molecule has 1 saturated heterocycles. The molecule has 36 heavy (non-hydrogen) atoms. The Bertz CT molecular complexity index is 1420. The maximum Gasteiger partial charge on any atom is 0.170 e. The quantitative estimate of drug-likeness (QED) is 0.369. The number of rotatable bonds is 7. The Morgan fingerprint density at radius 1 is 1.06 bits per heavy atom. The summed E-state index contributed by atoms with van der Waals surface area (Å²) in [6.07, 6.45) is 2.86. The molecule has 0 radical (unpaired) electrons. The van der Waals surface area contributed by atoms with E-state index >= 15 is 0 Å². The van der Waals surface area contributed by atoms with Crippen LogP contribution in [0.1, 0.15) is 23.2 Å². The van der Waals surface area contributed by atoms with Crippen molar-refractivity contribution in [1.29, 1.82) is 5.26 Å². The topological polar surface area (TPSA) is 96.0 Å². The highest BCUT2D eigenvalue weighted by atomic mass is 16.5. The van der Waals surface area contributed by atoms with Gasteiger partial charge in [0.25, 0.3) is 0 Å². The summed E-state index contributed by atoms with van der Waals surface area (Å²) < 4.78 is 7.76. The van der Waals surface area contributed by atoms with Crippen LogP contribution in [-0.2, 0) is 7.05 Å². The van der Waals surface area contributed by atoms with Crippen molar-refractivity contribution in [3.8, 4) is 23.1 Å². The molecule has 1 fully saturated rings. The third-order valence-electron chi connectivity index (χ3n) is 6.65. The number of piperazine rings is 1. The monoisotopic (exact) mass is 482 g/mol. The van der Waals surface area contributed by atoms with E-state index in [1.54, 1.807) is 4.68 Å². The van der Waals surface area contributed by atoms with Gasteiger partial charge in [0.2, 0.25) is 0 Å². The van der Waals surface area contributed by atoms with Gasteiger partial charge < -0.3 is 9.64 Å². The second-order valence-corrected chi connectivity index (χ2v) is 9.25. The fraction of sp³-hybridized carbons (Fsp3) is 0.370. The Morgan fingerprint density at radius 2 is 1.89 bits per heavy atom. The van der Waals surface area contributed by atoms with E-state index in [-0.39, 0.29) is 5.69 Å². The normalized spacial score (nSPS) is 14.2. The summed E-state index contributed by atoms with van der Waals surface area (Å²) in [5, 5.41) is 17.6. The number of nitriles is 1. The summed E-state index contributed by atoms with van der Waals surface area (Å²) in [5.41, 5.74) is 5.52. The van der Waals surface area contributed by atoms with Crippen molar-refractivity contribution >= 4 is 16.9 Å². The van der Waals surface area contributed by atoms with Crippen molar-refractivity contribution in [1.82, 2.24) is 29.9 Å². The molecule has 1 aromatic carbocycles. The van der Waals surface area contributed by atoms with Gasteiger partial charge in [-0.2, -0.15) is 5.26 Å². The second kappa shape index (κ2) is 10.3. The lowest BCUT2D eigenvalue weighted by molar-refractivity contribution is 0.224. The zero-order valence-corrected chi connectivity index (χ0v) is 21.0. The van der Waals surface area contributed by atoms with E-state index < -0.39 is 0 Å². The fourth-order valence-electron chi connectivity index (χ4n) is 4.59. The number of hydrogen-bond donors (Lipinski definition) is 0. The molecule has 0 aliphatic carbocycles. The van der Waals surface area contributed by atoms with Crippen LogP contribution in [0.25, 0.3) is 22.3 Å². The van der Waals surface area contributed by atoms with Crippen molar-refractivity contribution in [2.45, 2.75) is 20.3 Å². The maximum atomic E-state index is 9.49. The first-order valence-corrected chi connectivity index (χ1v) is 12.3. The summed E-state index contributed by atoms with van der Waals surface area (Å²) in [4.78, 5) is 13.9. The van der Waals surface area contributed by atoms with E-state index in [0.29, 0.717) is 12.1 Å². The van der Waals surface area contributed by atoms with Crippen LogP contribution in [0.15, 0.2) is 42.6 Å². The Morgan fingerprint density at radius 3 is 2.64 bits per heavy atom. The summed E-state index contributed by atoms with van der Waals surface area (Å²) in [5.74, 6) is 1.95. The van der Waals surface area contributed by atoms with Crippen molar-refractivity contribution in [2.75, 3.05) is 44.2 Å². The standard InChI is InChI=1S/C27H30N8O/c1-19-7-8-29-26(15-19)35-12-10-34(11-13-35)9-4-14-36-25-6-5-21(16-20(25)2)22-17-24-27(23(18-28)30-22)31-32-33(24)3/h5-8,15-17H,4,9-14H2,1-3H3. The molecule has 1 aliphatic rings. The average Bonchev–Trinajstić information content (AvgIpc) is 3.27. The van der Waals surface area contributed by atoms with Crippen LogP contribution < -0.4 is 9.64 Å². The molecule has 5 rings (SSSR count). The molecule has 4 aromatic rings. The Kier molecular flexibility index (Phi) is 6.78. The van der Waals surface area contributed by atoms with Gasteiger partial charge in [0.1, 0.15) is 23.2 Å². The molecule has 0 saturated carbocycles. The maximum absolute atomic E-state index is 9.49. The van der Waals surface area contributed by atoms with E-state index in [1.807, 2.05) is 50.5 Å². The van der Waals surface area contributed by atoms with Gasteiger partial charge in [0.05, 0.1) is 17.8 Å². The zero-order chi connectivity index (χ0) is 25.1. The molecular formula is C27H30N8O. The van der Waals surface area contributed by atoms with Crippen molar-refractivity contribution in [3.05, 3.63) is 59.4 Å². The molecule has 0 N–H and O–H groups in total. The summed E-state index contributed by atoms with van der Waals surface area (Å²) >= 11 is 0. The summed E-state index contributed by atoms with van der Waals surface area (Å²) in [6, 6.07) is 14.3. The van der Waals surface area contributed by atoms with Gasteiger partial charge in [-0.1, -0.05) is 5.21 Å². The lowest BCUT2D eigenvalue weighted by Crippen LogP contribution is -2.47. The molecule has 9 heteroatoms. The Hall–Kier alpha value is -4.03. The Labute approximate surface area is 210 Å². The first-order valence-electron chi connectivity index (χ1n) is 12.3. The highest BCUT2D eigenvalue weighted by Crippen LogP contribution is 2.28. The van der Waals surface area contributed by atoms with Gasteiger partial charge >= 0.3 is 0 Å². The molecule has 0 atom stereocenters. The van der Waals surface area contributed by atoms with E-state index in [0.717, 1.165) is 73.0 Å². The molecule has 0 unspecified atom stereocenters. The van der Waals surface area contributed by atoms with Crippen molar-refractivity contribution in [2.24, 2.45) is 7.05 Å². The minimum atomic E-state index is 0.282. The SMILES string of the molecule is Cc1ccnc(N2CCN(CCCOc3ccc(-c4cc5c(nnn5C)c(C#N)n4)cc3C)CC2)c1. The third-order valence-corrected chi connectivity index (χ3v) is 6.65. The molecule has 0 amide bonds. The van der Waals surface area contributed by atoms with Crippen LogP contribution in [-0.4, -0.2) is 69.2 Å². The van der Waals surface area contributed by atoms with Crippen LogP contribution in [0.4, 0.5) is 5.82 Å². The van der Waals surface area contributed by atoms with Gasteiger partial charge in [0, 0.05) is 51.5 Å². The first-order chi connectivity index (χ1) is 17.5. The van der Waals surface area contributed by atoms with Crippen LogP contribution in [0.2, 0.25) is 0 Å². The van der Waals surface area contributed by atoms with E-state index in [1.165, 1.54) is 5.56 Å². The zero-order valence-electron chi connectivity index (χ0n) is 21.0. The minimum Gasteiger partial charge on any atom is -0.493 e. The number of aromatic nitrogens is 5. The first kappa shape index (κ1) is 23.7. The number of hydrogen-bond acceptors (Lipinski definition) is 8. The fourth-order valence-corrected chi connectivity index (χ4v) is 4.59. The molecule has 184 valence electrons. The molecule has 0 bridgehead atoms. The van der Waals surface area contributed by atoms with Crippen molar-refractivity contribution in [3.63, 3.8) is 0 Å². The molecule has 1 aliphatic heterocycles. The van der Waals surface area contributed by atoms with Gasteiger partial charge in [0.15, 0.2) is 5.69 Å². The predicted molar refractivity (Wildman–Crippen MR) is 139 cm³/mol. The molecule has 4 heterocycles. The van der Waals surface area contributed by atoms with Crippen LogP contribution in [0.5, 0.6) is 5.75 Å². The second-order valence-electron chi connectivity index (χ2n) is 9.25. The summed E-state index contributed by atoms with van der Waals surface area (Å²) in [6.45, 7) is 9.91. The number of ether oxygens (including phenoxy) is 1. The smallest absolute Gasteiger partial charge is 0.170 e. The molecule has 9 nitrogen and oxygen atoms in total. The average molecular weight is 483 g/mol. The molecule has 3 aromatic heterocycles. The largest absolute Gasteiger partial charge is 0.493 e. The third kappa shape index (κ3) is 4.99. The predicted octanol–water partition coefficient (Wildman–Crippen LogP) is 3.50. The van der Waals surface area contributed by atoms with Crippen molar-refractivity contribution < 1.29 is 4.74 Å². The van der Waals surface area contributed by atoms with Crippen LogP contribution in [0.3, 0.4) is 0 Å². The number of pyridine rings is 2.